The fourth-order valence-electron chi connectivity index (χ4n) is 2.91. The highest BCUT2D eigenvalue weighted by atomic mass is 32.1. The summed E-state index contributed by atoms with van der Waals surface area (Å²) in [5.74, 6) is 0.903. The molecule has 0 amide bonds. The number of benzene rings is 2. The molecule has 5 rings (SSSR count). The van der Waals surface area contributed by atoms with E-state index >= 15 is 0 Å². The molecule has 104 valence electrons. The van der Waals surface area contributed by atoms with E-state index in [1.807, 2.05) is 30.5 Å². The Balaban J connectivity index is 1.87. The van der Waals surface area contributed by atoms with Crippen LogP contribution in [0.4, 0.5) is 0 Å². The Bertz CT molecular complexity index is 1100. The zero-order chi connectivity index (χ0) is 14.5. The van der Waals surface area contributed by atoms with Crippen LogP contribution >= 0.6 is 11.3 Å². The van der Waals surface area contributed by atoms with Crippen LogP contribution in [-0.4, -0.2) is 4.98 Å². The fourth-order valence-corrected chi connectivity index (χ4v) is 4.09. The monoisotopic (exact) mass is 301 g/mol. The molecule has 3 heteroatoms. The first-order valence-corrected chi connectivity index (χ1v) is 7.97. The fraction of sp³-hybridized carbons (Fsp3) is 0. The molecule has 0 saturated carbocycles. The van der Waals surface area contributed by atoms with Crippen LogP contribution < -0.4 is 0 Å². The molecule has 2 aromatic carbocycles. The van der Waals surface area contributed by atoms with Crippen molar-refractivity contribution in [3.63, 3.8) is 0 Å². The summed E-state index contributed by atoms with van der Waals surface area (Å²) in [6.45, 7) is 0. The van der Waals surface area contributed by atoms with Crippen LogP contribution in [0.15, 0.2) is 71.3 Å². The highest BCUT2D eigenvalue weighted by Crippen LogP contribution is 2.39. The first-order chi connectivity index (χ1) is 10.9. The maximum atomic E-state index is 6.04. The van der Waals surface area contributed by atoms with Crippen LogP contribution in [0.2, 0.25) is 0 Å². The van der Waals surface area contributed by atoms with Crippen LogP contribution in [0.1, 0.15) is 0 Å². The molecule has 0 unspecified atom stereocenters. The molecule has 0 bridgehead atoms. The van der Waals surface area contributed by atoms with Crippen molar-refractivity contribution < 1.29 is 4.42 Å². The number of para-hydroxylation sites is 1. The van der Waals surface area contributed by atoms with Crippen LogP contribution in [0.25, 0.3) is 42.6 Å². The van der Waals surface area contributed by atoms with Crippen molar-refractivity contribution in [1.82, 2.24) is 4.98 Å². The lowest BCUT2D eigenvalue weighted by atomic mass is 10.1. The Labute approximate surface area is 130 Å². The van der Waals surface area contributed by atoms with Gasteiger partial charge in [0.25, 0.3) is 0 Å². The number of hydrogen-bond acceptors (Lipinski definition) is 3. The third-order valence-corrected chi connectivity index (χ3v) is 5.14. The zero-order valence-corrected chi connectivity index (χ0v) is 12.4. The number of rotatable bonds is 1. The average molecular weight is 301 g/mol. The molecule has 22 heavy (non-hydrogen) atoms. The molecular weight excluding hydrogens is 290 g/mol. The first-order valence-electron chi connectivity index (χ1n) is 7.15. The van der Waals surface area contributed by atoms with Crippen molar-refractivity contribution in [2.75, 3.05) is 0 Å². The average Bonchev–Trinajstić information content (AvgIpc) is 3.15. The van der Waals surface area contributed by atoms with Gasteiger partial charge in [-0.15, -0.1) is 11.3 Å². The first kappa shape index (κ1) is 12.0. The second-order valence-corrected chi connectivity index (χ2v) is 6.34. The van der Waals surface area contributed by atoms with Crippen molar-refractivity contribution in [1.29, 1.82) is 0 Å². The lowest BCUT2D eigenvalue weighted by molar-refractivity contribution is 0.632. The minimum absolute atomic E-state index is 0.903. The molecule has 0 atom stereocenters. The zero-order valence-electron chi connectivity index (χ0n) is 11.6. The number of fused-ring (bicyclic) bond motifs is 4. The minimum Gasteiger partial charge on any atom is -0.456 e. The van der Waals surface area contributed by atoms with Gasteiger partial charge in [0.1, 0.15) is 11.3 Å². The van der Waals surface area contributed by atoms with Crippen molar-refractivity contribution >= 4 is 42.6 Å². The van der Waals surface area contributed by atoms with Crippen LogP contribution in [0.3, 0.4) is 0 Å². The van der Waals surface area contributed by atoms with Gasteiger partial charge in [0.05, 0.1) is 10.2 Å². The van der Waals surface area contributed by atoms with Crippen molar-refractivity contribution in [3.05, 3.63) is 66.9 Å². The van der Waals surface area contributed by atoms with Crippen LogP contribution in [0.5, 0.6) is 0 Å². The molecule has 0 aliphatic heterocycles. The highest BCUT2D eigenvalue weighted by Gasteiger charge is 2.14. The largest absolute Gasteiger partial charge is 0.456 e. The molecule has 0 saturated heterocycles. The molecule has 0 fully saturated rings. The van der Waals surface area contributed by atoms with E-state index in [0.717, 1.165) is 27.8 Å². The van der Waals surface area contributed by atoms with Gasteiger partial charge < -0.3 is 4.42 Å². The Hall–Kier alpha value is -2.65. The number of aromatic nitrogens is 1. The number of nitrogens with zero attached hydrogens (tertiary/aromatic N) is 1. The normalized spacial score (nSPS) is 11.6. The molecule has 0 aliphatic carbocycles. The van der Waals surface area contributed by atoms with Crippen LogP contribution in [0, 0.1) is 0 Å². The van der Waals surface area contributed by atoms with E-state index in [1.54, 1.807) is 11.3 Å². The van der Waals surface area contributed by atoms with E-state index in [1.165, 1.54) is 14.8 Å². The van der Waals surface area contributed by atoms with Gasteiger partial charge in [0, 0.05) is 27.2 Å². The molecule has 0 spiro atoms. The predicted octanol–water partition coefficient (Wildman–Crippen LogP) is 5.86. The van der Waals surface area contributed by atoms with E-state index in [2.05, 4.69) is 41.4 Å². The standard InChI is InChI=1S/C19H11NOS/c1-3-7-15-12(5-1)11-16(21-15)13-9-10-20-18-14-6-2-4-8-17(14)22-19(13)18/h1-11H. The third-order valence-electron chi connectivity index (χ3n) is 3.95. The SMILES string of the molecule is c1ccc2oc(-c3ccnc4c3sc3ccccc34)cc2c1. The third kappa shape index (κ3) is 1.63. The van der Waals surface area contributed by atoms with Gasteiger partial charge in [0.2, 0.25) is 0 Å². The van der Waals surface area contributed by atoms with Gasteiger partial charge >= 0.3 is 0 Å². The quantitative estimate of drug-likeness (QED) is 0.387. The van der Waals surface area contributed by atoms with E-state index in [-0.39, 0.29) is 0 Å². The second kappa shape index (κ2) is 4.42. The topological polar surface area (TPSA) is 26.0 Å². The van der Waals surface area contributed by atoms with E-state index in [0.29, 0.717) is 0 Å². The Kier molecular flexibility index (Phi) is 2.40. The second-order valence-electron chi connectivity index (χ2n) is 5.28. The minimum atomic E-state index is 0.903. The molecule has 0 radical (unpaired) electrons. The van der Waals surface area contributed by atoms with Crippen molar-refractivity contribution in [3.8, 4) is 11.3 Å². The van der Waals surface area contributed by atoms with Crippen molar-refractivity contribution in [2.24, 2.45) is 0 Å². The Morgan fingerprint density at radius 3 is 2.73 bits per heavy atom. The van der Waals surface area contributed by atoms with E-state index in [9.17, 15) is 0 Å². The van der Waals surface area contributed by atoms with Gasteiger partial charge in [-0.3, -0.25) is 4.98 Å². The van der Waals surface area contributed by atoms with Gasteiger partial charge in [-0.05, 0) is 24.3 Å². The van der Waals surface area contributed by atoms with E-state index in [4.69, 9.17) is 4.42 Å². The van der Waals surface area contributed by atoms with Gasteiger partial charge in [0.15, 0.2) is 0 Å². The van der Waals surface area contributed by atoms with Gasteiger partial charge in [-0.1, -0.05) is 36.4 Å². The van der Waals surface area contributed by atoms with Gasteiger partial charge in [-0.25, -0.2) is 0 Å². The maximum absolute atomic E-state index is 6.04. The molecule has 0 N–H and O–H groups in total. The summed E-state index contributed by atoms with van der Waals surface area (Å²) < 4.78 is 8.48. The van der Waals surface area contributed by atoms with Gasteiger partial charge in [-0.2, -0.15) is 0 Å². The summed E-state index contributed by atoms with van der Waals surface area (Å²) in [6.07, 6.45) is 1.87. The number of pyridine rings is 1. The summed E-state index contributed by atoms with van der Waals surface area (Å²) in [6, 6.07) is 20.6. The molecule has 3 heterocycles. The summed E-state index contributed by atoms with van der Waals surface area (Å²) in [4.78, 5) is 4.58. The smallest absolute Gasteiger partial charge is 0.136 e. The highest BCUT2D eigenvalue weighted by molar-refractivity contribution is 7.26. The molecular formula is C19H11NOS. The number of thiophene rings is 1. The van der Waals surface area contributed by atoms with Crippen LogP contribution in [-0.2, 0) is 0 Å². The van der Waals surface area contributed by atoms with E-state index < -0.39 is 0 Å². The molecule has 0 aliphatic rings. The number of hydrogen-bond donors (Lipinski definition) is 0. The Morgan fingerprint density at radius 1 is 0.909 bits per heavy atom. The molecule has 3 aromatic heterocycles. The lowest BCUT2D eigenvalue weighted by Gasteiger charge is -1.98. The summed E-state index contributed by atoms with van der Waals surface area (Å²) in [7, 11) is 0. The maximum Gasteiger partial charge on any atom is 0.136 e. The van der Waals surface area contributed by atoms with Crippen molar-refractivity contribution in [2.45, 2.75) is 0 Å². The Morgan fingerprint density at radius 2 is 1.77 bits per heavy atom. The number of furan rings is 1. The lowest BCUT2D eigenvalue weighted by Crippen LogP contribution is -1.78. The molecule has 2 nitrogen and oxygen atoms in total. The summed E-state index contributed by atoms with van der Waals surface area (Å²) >= 11 is 1.77. The predicted molar refractivity (Wildman–Crippen MR) is 92.3 cm³/mol. The molecule has 5 aromatic rings. The summed E-state index contributed by atoms with van der Waals surface area (Å²) in [5.41, 5.74) is 3.09. The summed E-state index contributed by atoms with van der Waals surface area (Å²) in [5, 5.41) is 2.34.